The van der Waals surface area contributed by atoms with Crippen molar-refractivity contribution in [1.29, 1.82) is 0 Å². The number of allylic oxidation sites excluding steroid dienone is 1. The third-order valence-corrected chi connectivity index (χ3v) is 11.0. The Hall–Kier alpha value is -0.340. The molecule has 0 heterocycles. The number of ether oxygens (including phenoxy) is 2. The topological polar surface area (TPSA) is 18.5 Å². The summed E-state index contributed by atoms with van der Waals surface area (Å²) < 4.78 is 11.2. The summed E-state index contributed by atoms with van der Waals surface area (Å²) in [5.41, 5.74) is 2.82. The lowest BCUT2D eigenvalue weighted by molar-refractivity contribution is -0.102. The van der Waals surface area contributed by atoms with Crippen LogP contribution in [0.2, 0.25) is 0 Å². The number of rotatable bonds is 9. The van der Waals surface area contributed by atoms with Crippen LogP contribution < -0.4 is 0 Å². The molecule has 0 radical (unpaired) electrons. The molecule has 0 aromatic carbocycles. The van der Waals surface area contributed by atoms with E-state index in [1.54, 1.807) is 12.7 Å². The maximum atomic E-state index is 6.02. The molecule has 2 nitrogen and oxygen atoms in total. The van der Waals surface area contributed by atoms with Gasteiger partial charge in [0.05, 0.1) is 6.10 Å². The summed E-state index contributed by atoms with van der Waals surface area (Å²) in [7, 11) is 1.74. The van der Waals surface area contributed by atoms with Gasteiger partial charge in [0, 0.05) is 11.4 Å². The number of methoxy groups -OCH3 is 1. The van der Waals surface area contributed by atoms with E-state index in [2.05, 4.69) is 40.7 Å². The molecule has 204 valence electrons. The van der Waals surface area contributed by atoms with E-state index in [9.17, 15) is 0 Å². The Balaban J connectivity index is 0.00000253. The molecular formula is C32H64O2. The predicted octanol–water partition coefficient (Wildman–Crippen LogP) is 10.2. The molecule has 34 heavy (non-hydrogen) atoms. The summed E-state index contributed by atoms with van der Waals surface area (Å²) in [5.74, 6) is 5.53. The van der Waals surface area contributed by atoms with Gasteiger partial charge in [-0.3, -0.25) is 0 Å². The highest BCUT2D eigenvalue weighted by Crippen LogP contribution is 2.68. The fraction of sp³-hybridized carbons (Fsp3) is 0.938. The zero-order chi connectivity index (χ0) is 24.9. The molecule has 0 aromatic rings. The smallest absolute Gasteiger partial charge is 0.146 e. The molecule has 3 fully saturated rings. The standard InChI is InChI=1S/C30H52O2.C2H6.3H2/c1-7-30-18-15-24(32-20-31-6)19-23(30)11-12-25-27-14-13-26(22(4)10-8-9-21(2)3)29(27,5)17-16-28(25)30;1-2;;;/h11,21-22,24-28H,7-10,12-20H2,1-6H3;1-2H3;3*1H/t22-,24+,25+,26?,27?,28?,29?,30+;;;;/m1..../s1. The number of fused-ring (bicyclic) bond motifs is 5. The third-order valence-electron chi connectivity index (χ3n) is 11.0. The van der Waals surface area contributed by atoms with Crippen LogP contribution in [0.4, 0.5) is 0 Å². The van der Waals surface area contributed by atoms with E-state index in [-0.39, 0.29) is 4.28 Å². The first-order valence-corrected chi connectivity index (χ1v) is 15.2. The van der Waals surface area contributed by atoms with Crippen molar-refractivity contribution in [3.8, 4) is 0 Å². The summed E-state index contributed by atoms with van der Waals surface area (Å²) >= 11 is 0. The van der Waals surface area contributed by atoms with Gasteiger partial charge in [-0.25, -0.2) is 0 Å². The Kier molecular flexibility index (Phi) is 10.2. The van der Waals surface area contributed by atoms with Crippen LogP contribution in [0.5, 0.6) is 0 Å². The molecule has 0 bridgehead atoms. The number of hydrogen-bond donors (Lipinski definition) is 0. The maximum Gasteiger partial charge on any atom is 0.146 e. The molecule has 4 rings (SSSR count). The predicted molar refractivity (Wildman–Crippen MR) is 152 cm³/mol. The van der Waals surface area contributed by atoms with Gasteiger partial charge in [0.15, 0.2) is 0 Å². The van der Waals surface area contributed by atoms with Crippen LogP contribution in [0.15, 0.2) is 11.6 Å². The minimum Gasteiger partial charge on any atom is -0.359 e. The van der Waals surface area contributed by atoms with Crippen LogP contribution in [-0.2, 0) is 9.47 Å². The Morgan fingerprint density at radius 1 is 1.03 bits per heavy atom. The van der Waals surface area contributed by atoms with Gasteiger partial charge in [-0.05, 0) is 104 Å². The molecule has 8 atom stereocenters. The molecule has 0 aromatic heterocycles. The fourth-order valence-corrected chi connectivity index (χ4v) is 9.42. The van der Waals surface area contributed by atoms with Gasteiger partial charge in [-0.2, -0.15) is 0 Å². The first kappa shape index (κ1) is 28.2. The fourth-order valence-electron chi connectivity index (χ4n) is 9.42. The van der Waals surface area contributed by atoms with Gasteiger partial charge in [-0.15, -0.1) is 0 Å². The SMILES string of the molecule is CC.CC[C@]12CC[C@H](OCOC)CC1=CC[C@H]1C3CCC([C@H](C)CCCC(C)C)C3(C)CCC12.[HH].[HH].[HH]. The van der Waals surface area contributed by atoms with Crippen LogP contribution in [0, 0.1) is 46.3 Å². The second kappa shape index (κ2) is 12.3. The lowest BCUT2D eigenvalue weighted by Gasteiger charge is -2.59. The molecule has 4 unspecified atom stereocenters. The minimum atomic E-state index is 0. The molecule has 0 aliphatic heterocycles. The number of hydrogen-bond acceptors (Lipinski definition) is 2. The van der Waals surface area contributed by atoms with Crippen LogP contribution in [0.3, 0.4) is 0 Å². The summed E-state index contributed by atoms with van der Waals surface area (Å²) in [4.78, 5) is 0. The summed E-state index contributed by atoms with van der Waals surface area (Å²) in [5, 5.41) is 0. The van der Waals surface area contributed by atoms with Gasteiger partial charge >= 0.3 is 0 Å². The van der Waals surface area contributed by atoms with E-state index >= 15 is 0 Å². The Labute approximate surface area is 217 Å². The molecule has 2 heteroatoms. The van der Waals surface area contributed by atoms with Crippen LogP contribution >= 0.6 is 0 Å². The lowest BCUT2D eigenvalue weighted by Crippen LogP contribution is -2.51. The highest BCUT2D eigenvalue weighted by molar-refractivity contribution is 5.26. The quantitative estimate of drug-likeness (QED) is 0.241. The summed E-state index contributed by atoms with van der Waals surface area (Å²) in [6.07, 6.45) is 19.7. The van der Waals surface area contributed by atoms with Crippen molar-refractivity contribution in [3.05, 3.63) is 11.6 Å². The van der Waals surface area contributed by atoms with E-state index in [0.717, 1.165) is 41.9 Å². The zero-order valence-electron chi connectivity index (χ0n) is 24.1. The molecule has 4 aliphatic carbocycles. The Morgan fingerprint density at radius 3 is 2.47 bits per heavy atom. The lowest BCUT2D eigenvalue weighted by atomic mass is 9.46. The average Bonchev–Trinajstić information content (AvgIpc) is 3.20. The molecule has 0 amide bonds. The van der Waals surface area contributed by atoms with Gasteiger partial charge in [0.25, 0.3) is 0 Å². The second-order valence-corrected chi connectivity index (χ2v) is 12.8. The Morgan fingerprint density at radius 2 is 1.79 bits per heavy atom. The van der Waals surface area contributed by atoms with Crippen molar-refractivity contribution >= 4 is 0 Å². The van der Waals surface area contributed by atoms with Crippen LogP contribution in [-0.4, -0.2) is 20.0 Å². The van der Waals surface area contributed by atoms with E-state index < -0.39 is 0 Å². The van der Waals surface area contributed by atoms with Crippen molar-refractivity contribution in [2.24, 2.45) is 46.3 Å². The van der Waals surface area contributed by atoms with Crippen molar-refractivity contribution in [1.82, 2.24) is 0 Å². The van der Waals surface area contributed by atoms with Crippen molar-refractivity contribution < 1.29 is 13.8 Å². The molecular weight excluding hydrogens is 416 g/mol. The zero-order valence-corrected chi connectivity index (χ0v) is 24.1. The van der Waals surface area contributed by atoms with E-state index in [1.165, 1.54) is 70.6 Å². The minimum absolute atomic E-state index is 0. The van der Waals surface area contributed by atoms with E-state index in [1.807, 2.05) is 13.8 Å². The van der Waals surface area contributed by atoms with Crippen LogP contribution in [0.1, 0.15) is 130 Å². The van der Waals surface area contributed by atoms with E-state index in [4.69, 9.17) is 9.47 Å². The normalized spacial score (nSPS) is 39.9. The van der Waals surface area contributed by atoms with Gasteiger partial charge in [0.1, 0.15) is 6.79 Å². The highest BCUT2D eigenvalue weighted by Gasteiger charge is 2.59. The van der Waals surface area contributed by atoms with Crippen molar-refractivity contribution in [2.45, 2.75) is 132 Å². The molecule has 0 saturated heterocycles. The molecule has 4 aliphatic rings. The summed E-state index contributed by atoms with van der Waals surface area (Å²) in [6, 6.07) is 0. The average molecular weight is 481 g/mol. The Bertz CT molecular complexity index is 668. The van der Waals surface area contributed by atoms with Gasteiger partial charge in [0.2, 0.25) is 0 Å². The molecule has 0 spiro atoms. The molecule has 3 saturated carbocycles. The van der Waals surface area contributed by atoms with Crippen molar-refractivity contribution in [3.63, 3.8) is 0 Å². The first-order chi connectivity index (χ1) is 16.4. The first-order valence-electron chi connectivity index (χ1n) is 15.2. The summed E-state index contributed by atoms with van der Waals surface area (Å²) in [6.45, 7) is 17.0. The third kappa shape index (κ3) is 5.34. The van der Waals surface area contributed by atoms with E-state index in [0.29, 0.717) is 23.7 Å². The van der Waals surface area contributed by atoms with Gasteiger partial charge < -0.3 is 9.47 Å². The second-order valence-electron chi connectivity index (χ2n) is 12.8. The van der Waals surface area contributed by atoms with Gasteiger partial charge in [-0.1, -0.05) is 79.4 Å². The van der Waals surface area contributed by atoms with Crippen molar-refractivity contribution in [2.75, 3.05) is 13.9 Å². The maximum absolute atomic E-state index is 6.02. The highest BCUT2D eigenvalue weighted by atomic mass is 16.7. The molecule has 0 N–H and O–H groups in total. The largest absolute Gasteiger partial charge is 0.359 e. The van der Waals surface area contributed by atoms with Crippen LogP contribution in [0.25, 0.3) is 0 Å². The monoisotopic (exact) mass is 480 g/mol.